The maximum atomic E-state index is 11.9. The van der Waals surface area contributed by atoms with E-state index in [0.717, 1.165) is 17.5 Å². The molecule has 0 N–H and O–H groups in total. The highest BCUT2D eigenvalue weighted by Crippen LogP contribution is 2.38. The summed E-state index contributed by atoms with van der Waals surface area (Å²) in [5.74, 6) is -0.100. The number of ether oxygens (including phenoxy) is 2. The number of hydrogen-bond acceptors (Lipinski definition) is 3. The molecule has 23 heavy (non-hydrogen) atoms. The first-order valence-corrected chi connectivity index (χ1v) is 7.82. The Hall–Kier alpha value is -2.26. The Labute approximate surface area is 140 Å². The van der Waals surface area contributed by atoms with Crippen molar-refractivity contribution in [2.75, 3.05) is 7.11 Å². The van der Waals surface area contributed by atoms with Gasteiger partial charge in [0.15, 0.2) is 0 Å². The third-order valence-electron chi connectivity index (χ3n) is 3.95. The van der Waals surface area contributed by atoms with Crippen LogP contribution in [0, 0.1) is 0 Å². The number of hydrogen-bond donors (Lipinski definition) is 0. The predicted octanol–water partition coefficient (Wildman–Crippen LogP) is 4.64. The molecule has 4 heteroatoms. The van der Waals surface area contributed by atoms with E-state index in [0.29, 0.717) is 5.02 Å². The molecule has 2 aromatic carbocycles. The van der Waals surface area contributed by atoms with Gasteiger partial charge in [0.2, 0.25) is 5.76 Å². The SMILES string of the molecule is COC(=O)C1=C[C@@H](c2ccccc2)C[C@H](c2ccc(Cl)cc2)O1. The van der Waals surface area contributed by atoms with Crippen molar-refractivity contribution in [3.8, 4) is 0 Å². The van der Waals surface area contributed by atoms with Gasteiger partial charge in [0, 0.05) is 10.9 Å². The van der Waals surface area contributed by atoms with Crippen LogP contribution in [0.1, 0.15) is 29.6 Å². The molecule has 3 rings (SSSR count). The highest BCUT2D eigenvalue weighted by atomic mass is 35.5. The normalized spacial score (nSPS) is 20.3. The molecule has 0 saturated carbocycles. The van der Waals surface area contributed by atoms with Crippen molar-refractivity contribution >= 4 is 17.6 Å². The molecule has 118 valence electrons. The molecule has 0 bridgehead atoms. The molecule has 0 fully saturated rings. The highest BCUT2D eigenvalue weighted by Gasteiger charge is 2.29. The number of methoxy groups -OCH3 is 1. The topological polar surface area (TPSA) is 35.5 Å². The third-order valence-corrected chi connectivity index (χ3v) is 4.20. The van der Waals surface area contributed by atoms with Gasteiger partial charge in [0.1, 0.15) is 6.10 Å². The van der Waals surface area contributed by atoms with Gasteiger partial charge in [0.05, 0.1) is 7.11 Å². The van der Waals surface area contributed by atoms with Crippen LogP contribution in [-0.4, -0.2) is 13.1 Å². The molecular weight excluding hydrogens is 312 g/mol. The van der Waals surface area contributed by atoms with Crippen LogP contribution in [0.2, 0.25) is 5.02 Å². The number of benzene rings is 2. The first kappa shape index (κ1) is 15.6. The number of halogens is 1. The molecular formula is C19H17ClO3. The lowest BCUT2D eigenvalue weighted by Gasteiger charge is -2.29. The molecule has 0 unspecified atom stereocenters. The Morgan fingerprint density at radius 2 is 1.78 bits per heavy atom. The first-order valence-electron chi connectivity index (χ1n) is 7.44. The Balaban J connectivity index is 1.93. The molecule has 0 radical (unpaired) electrons. The van der Waals surface area contributed by atoms with Crippen molar-refractivity contribution in [1.29, 1.82) is 0 Å². The minimum Gasteiger partial charge on any atom is -0.479 e. The van der Waals surface area contributed by atoms with Crippen LogP contribution >= 0.6 is 11.6 Å². The molecule has 1 aliphatic heterocycles. The van der Waals surface area contributed by atoms with Crippen LogP contribution in [0.5, 0.6) is 0 Å². The van der Waals surface area contributed by atoms with Crippen molar-refractivity contribution in [1.82, 2.24) is 0 Å². The molecule has 3 nitrogen and oxygen atoms in total. The zero-order chi connectivity index (χ0) is 16.2. The molecule has 0 aliphatic carbocycles. The lowest BCUT2D eigenvalue weighted by Crippen LogP contribution is -2.20. The molecule has 0 saturated heterocycles. The van der Waals surface area contributed by atoms with Crippen molar-refractivity contribution in [2.45, 2.75) is 18.4 Å². The van der Waals surface area contributed by atoms with E-state index in [4.69, 9.17) is 21.1 Å². The monoisotopic (exact) mass is 328 g/mol. The second-order valence-electron chi connectivity index (χ2n) is 5.43. The maximum absolute atomic E-state index is 11.9. The predicted molar refractivity (Wildman–Crippen MR) is 89.2 cm³/mol. The van der Waals surface area contributed by atoms with Gasteiger partial charge in [-0.3, -0.25) is 0 Å². The van der Waals surface area contributed by atoms with Crippen LogP contribution in [0.15, 0.2) is 66.4 Å². The van der Waals surface area contributed by atoms with E-state index in [2.05, 4.69) is 12.1 Å². The standard InChI is InChI=1S/C19H17ClO3/c1-22-19(21)18-12-15(13-5-3-2-4-6-13)11-17(23-18)14-7-9-16(20)10-8-14/h2-10,12,15,17H,11H2,1H3/t15-,17+/m0/s1. The lowest BCUT2D eigenvalue weighted by atomic mass is 9.88. The summed E-state index contributed by atoms with van der Waals surface area (Å²) in [5, 5.41) is 0.674. The minimum atomic E-state index is -0.454. The van der Waals surface area contributed by atoms with E-state index in [-0.39, 0.29) is 17.8 Å². The summed E-state index contributed by atoms with van der Waals surface area (Å²) in [6.45, 7) is 0. The number of allylic oxidation sites excluding steroid dienone is 1. The van der Waals surface area contributed by atoms with E-state index in [1.165, 1.54) is 7.11 Å². The van der Waals surface area contributed by atoms with Crippen LogP contribution < -0.4 is 0 Å². The number of carbonyl (C=O) groups excluding carboxylic acids is 1. The second-order valence-corrected chi connectivity index (χ2v) is 5.87. The summed E-state index contributed by atoms with van der Waals surface area (Å²) in [6.07, 6.45) is 2.39. The lowest BCUT2D eigenvalue weighted by molar-refractivity contribution is -0.142. The number of carbonyl (C=O) groups is 1. The van der Waals surface area contributed by atoms with Crippen molar-refractivity contribution < 1.29 is 14.3 Å². The van der Waals surface area contributed by atoms with Gasteiger partial charge in [-0.05, 0) is 35.8 Å². The Kier molecular flexibility index (Phi) is 4.68. The van der Waals surface area contributed by atoms with Crippen LogP contribution in [0.3, 0.4) is 0 Å². The fraction of sp³-hybridized carbons (Fsp3) is 0.211. The zero-order valence-electron chi connectivity index (χ0n) is 12.7. The summed E-state index contributed by atoms with van der Waals surface area (Å²) in [7, 11) is 1.36. The minimum absolute atomic E-state index is 0.0970. The molecule has 2 aromatic rings. The maximum Gasteiger partial charge on any atom is 0.373 e. The molecule has 0 spiro atoms. The van der Waals surface area contributed by atoms with Crippen molar-refractivity contribution in [3.63, 3.8) is 0 Å². The van der Waals surface area contributed by atoms with Crippen LogP contribution in [0.25, 0.3) is 0 Å². The Morgan fingerprint density at radius 3 is 2.43 bits per heavy atom. The number of esters is 1. The first-order chi connectivity index (χ1) is 11.2. The van der Waals surface area contributed by atoms with Gasteiger partial charge in [-0.15, -0.1) is 0 Å². The van der Waals surface area contributed by atoms with Gasteiger partial charge in [-0.25, -0.2) is 4.79 Å². The largest absolute Gasteiger partial charge is 0.479 e. The fourth-order valence-electron chi connectivity index (χ4n) is 2.75. The Bertz CT molecular complexity index is 707. The highest BCUT2D eigenvalue weighted by molar-refractivity contribution is 6.30. The fourth-order valence-corrected chi connectivity index (χ4v) is 2.88. The molecule has 1 heterocycles. The Morgan fingerprint density at radius 1 is 1.09 bits per heavy atom. The summed E-state index contributed by atoms with van der Waals surface area (Å²) in [6, 6.07) is 17.6. The molecule has 0 amide bonds. The van der Waals surface area contributed by atoms with Gasteiger partial charge in [-0.2, -0.15) is 0 Å². The van der Waals surface area contributed by atoms with Gasteiger partial charge >= 0.3 is 5.97 Å². The molecule has 0 aromatic heterocycles. The average molecular weight is 329 g/mol. The second kappa shape index (κ2) is 6.88. The van der Waals surface area contributed by atoms with E-state index in [9.17, 15) is 4.79 Å². The smallest absolute Gasteiger partial charge is 0.373 e. The van der Waals surface area contributed by atoms with Crippen molar-refractivity contribution in [3.05, 3.63) is 82.6 Å². The van der Waals surface area contributed by atoms with Gasteiger partial charge in [0.25, 0.3) is 0 Å². The van der Waals surface area contributed by atoms with Gasteiger partial charge in [-0.1, -0.05) is 54.1 Å². The quantitative estimate of drug-likeness (QED) is 0.770. The van der Waals surface area contributed by atoms with E-state index < -0.39 is 5.97 Å². The summed E-state index contributed by atoms with van der Waals surface area (Å²) >= 11 is 5.95. The van der Waals surface area contributed by atoms with E-state index in [1.807, 2.05) is 48.5 Å². The van der Waals surface area contributed by atoms with Crippen LogP contribution in [-0.2, 0) is 14.3 Å². The molecule has 1 aliphatic rings. The molecule has 2 atom stereocenters. The van der Waals surface area contributed by atoms with Crippen molar-refractivity contribution in [2.24, 2.45) is 0 Å². The number of rotatable bonds is 3. The van der Waals surface area contributed by atoms with E-state index in [1.54, 1.807) is 0 Å². The summed E-state index contributed by atoms with van der Waals surface area (Å²) in [4.78, 5) is 11.9. The van der Waals surface area contributed by atoms with E-state index >= 15 is 0 Å². The summed E-state index contributed by atoms with van der Waals surface area (Å²) in [5.41, 5.74) is 2.14. The van der Waals surface area contributed by atoms with Gasteiger partial charge < -0.3 is 9.47 Å². The summed E-state index contributed by atoms with van der Waals surface area (Å²) < 4.78 is 10.7. The van der Waals surface area contributed by atoms with Crippen LogP contribution in [0.4, 0.5) is 0 Å². The zero-order valence-corrected chi connectivity index (χ0v) is 13.5. The third kappa shape index (κ3) is 3.57. The average Bonchev–Trinajstić information content (AvgIpc) is 2.62.